The predicted octanol–water partition coefficient (Wildman–Crippen LogP) is 3.17. The Morgan fingerprint density at radius 2 is 2.04 bits per heavy atom. The molecule has 2 rings (SSSR count). The summed E-state index contributed by atoms with van der Waals surface area (Å²) in [6.07, 6.45) is 11.6. The van der Waals surface area contributed by atoms with Crippen LogP contribution in [-0.4, -0.2) is 38.6 Å². The Morgan fingerprint density at radius 3 is 2.75 bits per heavy atom. The standard InChI is InChI=1S/C19H33N5/c1-20-19(22-12-7-6-10-16-8-4-5-9-16)23-15-17-11-13-21-18(14-17)24(2)3/h11,13-14,16H,4-10,12,15H2,1-3H3,(H2,20,22,23). The highest BCUT2D eigenvalue weighted by Gasteiger charge is 2.13. The number of aromatic nitrogens is 1. The molecule has 0 saturated heterocycles. The second-order valence-electron chi connectivity index (χ2n) is 6.92. The van der Waals surface area contributed by atoms with Gasteiger partial charge in [0, 0.05) is 40.4 Å². The van der Waals surface area contributed by atoms with Gasteiger partial charge in [0.2, 0.25) is 0 Å². The molecule has 1 aromatic heterocycles. The number of unbranched alkanes of at least 4 members (excludes halogenated alkanes) is 1. The number of guanidine groups is 1. The van der Waals surface area contributed by atoms with Crippen molar-refractivity contribution in [3.8, 4) is 0 Å². The van der Waals surface area contributed by atoms with Gasteiger partial charge < -0.3 is 15.5 Å². The van der Waals surface area contributed by atoms with E-state index in [2.05, 4.69) is 26.7 Å². The second kappa shape index (κ2) is 10.2. The Morgan fingerprint density at radius 1 is 1.25 bits per heavy atom. The van der Waals surface area contributed by atoms with Crippen LogP contribution in [0.1, 0.15) is 50.5 Å². The van der Waals surface area contributed by atoms with Crippen molar-refractivity contribution in [2.24, 2.45) is 10.9 Å². The van der Waals surface area contributed by atoms with Crippen LogP contribution in [-0.2, 0) is 6.54 Å². The van der Waals surface area contributed by atoms with Crippen LogP contribution < -0.4 is 15.5 Å². The highest BCUT2D eigenvalue weighted by molar-refractivity contribution is 5.79. The normalized spacial score (nSPS) is 15.5. The number of pyridine rings is 1. The predicted molar refractivity (Wildman–Crippen MR) is 103 cm³/mol. The van der Waals surface area contributed by atoms with Gasteiger partial charge in [0.25, 0.3) is 0 Å². The summed E-state index contributed by atoms with van der Waals surface area (Å²) < 4.78 is 0. The first-order valence-corrected chi connectivity index (χ1v) is 9.26. The van der Waals surface area contributed by atoms with Gasteiger partial charge in [-0.25, -0.2) is 4.98 Å². The minimum absolute atomic E-state index is 0.755. The summed E-state index contributed by atoms with van der Waals surface area (Å²) in [5, 5.41) is 6.79. The van der Waals surface area contributed by atoms with Crippen LogP contribution in [0.25, 0.3) is 0 Å². The lowest BCUT2D eigenvalue weighted by Crippen LogP contribution is -2.37. The first-order valence-electron chi connectivity index (χ1n) is 9.26. The van der Waals surface area contributed by atoms with Crippen LogP contribution in [0.3, 0.4) is 0 Å². The molecule has 134 valence electrons. The van der Waals surface area contributed by atoms with Crippen LogP contribution >= 0.6 is 0 Å². The Balaban J connectivity index is 1.64. The molecule has 1 fully saturated rings. The summed E-state index contributed by atoms with van der Waals surface area (Å²) in [5.41, 5.74) is 1.21. The van der Waals surface area contributed by atoms with E-state index < -0.39 is 0 Å². The molecule has 1 saturated carbocycles. The zero-order valence-electron chi connectivity index (χ0n) is 15.5. The number of hydrogen-bond acceptors (Lipinski definition) is 3. The number of aliphatic imine (C=N–C) groups is 1. The van der Waals surface area contributed by atoms with Gasteiger partial charge in [-0.15, -0.1) is 0 Å². The van der Waals surface area contributed by atoms with Crippen molar-refractivity contribution in [1.82, 2.24) is 15.6 Å². The van der Waals surface area contributed by atoms with E-state index in [0.717, 1.165) is 30.8 Å². The molecule has 0 radical (unpaired) electrons. The molecule has 24 heavy (non-hydrogen) atoms. The van der Waals surface area contributed by atoms with E-state index in [1.807, 2.05) is 38.3 Å². The van der Waals surface area contributed by atoms with Crippen molar-refractivity contribution >= 4 is 11.8 Å². The average molecular weight is 332 g/mol. The van der Waals surface area contributed by atoms with E-state index in [4.69, 9.17) is 0 Å². The first-order chi connectivity index (χ1) is 11.7. The molecule has 0 atom stereocenters. The van der Waals surface area contributed by atoms with Crippen molar-refractivity contribution < 1.29 is 0 Å². The topological polar surface area (TPSA) is 52.6 Å². The molecule has 2 N–H and O–H groups in total. The Labute approximate surface area is 147 Å². The van der Waals surface area contributed by atoms with Gasteiger partial charge >= 0.3 is 0 Å². The van der Waals surface area contributed by atoms with Crippen molar-refractivity contribution in [3.63, 3.8) is 0 Å². The van der Waals surface area contributed by atoms with Crippen molar-refractivity contribution in [1.29, 1.82) is 0 Å². The average Bonchev–Trinajstić information content (AvgIpc) is 3.11. The van der Waals surface area contributed by atoms with E-state index in [9.17, 15) is 0 Å². The zero-order valence-corrected chi connectivity index (χ0v) is 15.5. The van der Waals surface area contributed by atoms with Gasteiger partial charge in [-0.05, 0) is 30.0 Å². The number of nitrogens with one attached hydrogen (secondary N) is 2. The molecular weight excluding hydrogens is 298 g/mol. The molecule has 1 aliphatic carbocycles. The molecule has 1 heterocycles. The lowest BCUT2D eigenvalue weighted by Gasteiger charge is -2.14. The molecule has 5 heteroatoms. The highest BCUT2D eigenvalue weighted by atomic mass is 15.2. The fraction of sp³-hybridized carbons (Fsp3) is 0.684. The fourth-order valence-electron chi connectivity index (χ4n) is 3.29. The molecule has 5 nitrogen and oxygen atoms in total. The maximum Gasteiger partial charge on any atom is 0.191 e. The van der Waals surface area contributed by atoms with Crippen LogP contribution in [0.4, 0.5) is 5.82 Å². The maximum absolute atomic E-state index is 4.34. The molecular formula is C19H33N5. The number of nitrogens with zero attached hydrogens (tertiary/aromatic N) is 3. The molecule has 1 aromatic rings. The van der Waals surface area contributed by atoms with Crippen LogP contribution in [0.2, 0.25) is 0 Å². The number of hydrogen-bond donors (Lipinski definition) is 2. The van der Waals surface area contributed by atoms with Crippen LogP contribution in [0.5, 0.6) is 0 Å². The number of rotatable bonds is 8. The summed E-state index contributed by atoms with van der Waals surface area (Å²) in [6, 6.07) is 4.14. The first kappa shape index (κ1) is 18.6. The Kier molecular flexibility index (Phi) is 7.86. The molecule has 0 aromatic carbocycles. The van der Waals surface area contributed by atoms with Gasteiger partial charge in [-0.1, -0.05) is 38.5 Å². The van der Waals surface area contributed by atoms with Gasteiger partial charge in [-0.3, -0.25) is 4.99 Å². The zero-order chi connectivity index (χ0) is 17.2. The van der Waals surface area contributed by atoms with Gasteiger partial charge in [0.1, 0.15) is 5.82 Å². The quantitative estimate of drug-likeness (QED) is 0.436. The fourth-order valence-corrected chi connectivity index (χ4v) is 3.29. The summed E-state index contributed by atoms with van der Waals surface area (Å²) in [4.78, 5) is 10.7. The molecule has 1 aliphatic rings. The largest absolute Gasteiger partial charge is 0.363 e. The van der Waals surface area contributed by atoms with Crippen molar-refractivity contribution in [2.45, 2.75) is 51.5 Å². The third kappa shape index (κ3) is 6.38. The van der Waals surface area contributed by atoms with E-state index >= 15 is 0 Å². The van der Waals surface area contributed by atoms with E-state index in [1.165, 1.54) is 50.5 Å². The van der Waals surface area contributed by atoms with Crippen molar-refractivity contribution in [2.75, 3.05) is 32.6 Å². The second-order valence-corrected chi connectivity index (χ2v) is 6.92. The lowest BCUT2D eigenvalue weighted by atomic mass is 10.0. The van der Waals surface area contributed by atoms with E-state index in [-0.39, 0.29) is 0 Å². The van der Waals surface area contributed by atoms with Crippen LogP contribution in [0.15, 0.2) is 23.3 Å². The minimum atomic E-state index is 0.755. The van der Waals surface area contributed by atoms with Gasteiger partial charge in [0.05, 0.1) is 0 Å². The molecule has 0 unspecified atom stereocenters. The minimum Gasteiger partial charge on any atom is -0.363 e. The van der Waals surface area contributed by atoms with Gasteiger partial charge in [0.15, 0.2) is 5.96 Å². The van der Waals surface area contributed by atoms with Crippen LogP contribution in [0, 0.1) is 5.92 Å². The summed E-state index contributed by atoms with van der Waals surface area (Å²) >= 11 is 0. The highest BCUT2D eigenvalue weighted by Crippen LogP contribution is 2.28. The van der Waals surface area contributed by atoms with E-state index in [0.29, 0.717) is 0 Å². The van der Waals surface area contributed by atoms with E-state index in [1.54, 1.807) is 0 Å². The number of anilines is 1. The summed E-state index contributed by atoms with van der Waals surface area (Å²) in [6.45, 7) is 1.75. The Hall–Kier alpha value is -1.78. The monoisotopic (exact) mass is 331 g/mol. The molecule has 0 bridgehead atoms. The van der Waals surface area contributed by atoms with Gasteiger partial charge in [-0.2, -0.15) is 0 Å². The van der Waals surface area contributed by atoms with Crippen molar-refractivity contribution in [3.05, 3.63) is 23.9 Å². The summed E-state index contributed by atoms with van der Waals surface area (Å²) in [5.74, 6) is 2.85. The summed E-state index contributed by atoms with van der Waals surface area (Å²) in [7, 11) is 5.84. The molecule has 0 spiro atoms. The lowest BCUT2D eigenvalue weighted by molar-refractivity contribution is 0.472. The molecule has 0 aliphatic heterocycles. The SMILES string of the molecule is CN=C(NCCCCC1CCCC1)NCc1ccnc(N(C)C)c1. The third-order valence-electron chi connectivity index (χ3n) is 4.76. The Bertz CT molecular complexity index is 506. The third-order valence-corrected chi connectivity index (χ3v) is 4.76. The maximum atomic E-state index is 4.34. The molecule has 0 amide bonds. The smallest absolute Gasteiger partial charge is 0.191 e.